The van der Waals surface area contributed by atoms with Crippen molar-refractivity contribution in [1.29, 1.82) is 0 Å². The van der Waals surface area contributed by atoms with Crippen LogP contribution in [0.25, 0.3) is 0 Å². The lowest BCUT2D eigenvalue weighted by atomic mass is 10.1. The van der Waals surface area contributed by atoms with E-state index in [1.54, 1.807) is 24.3 Å². The maximum absolute atomic E-state index is 12.0. The third-order valence-corrected chi connectivity index (χ3v) is 3.39. The van der Waals surface area contributed by atoms with Crippen LogP contribution in [-0.2, 0) is 20.7 Å². The minimum absolute atomic E-state index is 0.0285. The van der Waals surface area contributed by atoms with Crippen LogP contribution in [0.4, 0.5) is 14.5 Å². The lowest BCUT2D eigenvalue weighted by molar-refractivity contribution is -0.146. The molecular weight excluding hydrogens is 356 g/mol. The van der Waals surface area contributed by atoms with Crippen molar-refractivity contribution in [2.75, 3.05) is 11.9 Å². The molecule has 0 heterocycles. The average Bonchev–Trinajstić information content (AvgIpc) is 2.56. The molecule has 0 unspecified atom stereocenters. The summed E-state index contributed by atoms with van der Waals surface area (Å²) >= 11 is 5.94. The Bertz CT molecular complexity index is 738. The van der Waals surface area contributed by atoms with E-state index in [0.29, 0.717) is 16.3 Å². The summed E-state index contributed by atoms with van der Waals surface area (Å²) in [6.07, 6.45) is -0.0490. The summed E-state index contributed by atoms with van der Waals surface area (Å²) < 4.78 is 33.2. The number of hydrogen-bond acceptors (Lipinski definition) is 4. The number of carbonyl (C=O) groups excluding carboxylic acids is 2. The van der Waals surface area contributed by atoms with Crippen LogP contribution in [0.5, 0.6) is 5.75 Å². The van der Waals surface area contributed by atoms with E-state index in [2.05, 4.69) is 10.1 Å². The zero-order valence-corrected chi connectivity index (χ0v) is 13.6. The van der Waals surface area contributed by atoms with Crippen LogP contribution in [-0.4, -0.2) is 25.1 Å². The summed E-state index contributed by atoms with van der Waals surface area (Å²) in [5.41, 5.74) is 0.956. The standard InChI is InChI=1S/C17H14ClF2NO4/c18-14-4-2-1-3-11(14)9-16(23)24-10-15(22)21-12-5-7-13(8-6-12)25-17(19)20/h1-8,17H,9-10H2,(H,21,22). The highest BCUT2D eigenvalue weighted by Crippen LogP contribution is 2.18. The second kappa shape index (κ2) is 8.98. The number of anilines is 1. The fourth-order valence-electron chi connectivity index (χ4n) is 1.91. The molecule has 1 amide bonds. The Hall–Kier alpha value is -2.67. The monoisotopic (exact) mass is 369 g/mol. The number of ether oxygens (including phenoxy) is 2. The number of amides is 1. The highest BCUT2D eigenvalue weighted by molar-refractivity contribution is 6.31. The summed E-state index contributed by atoms with van der Waals surface area (Å²) in [4.78, 5) is 23.5. The Morgan fingerprint density at radius 3 is 2.40 bits per heavy atom. The minimum atomic E-state index is -2.92. The molecule has 0 radical (unpaired) electrons. The van der Waals surface area contributed by atoms with Gasteiger partial charge in [0.1, 0.15) is 5.75 Å². The van der Waals surface area contributed by atoms with Crippen LogP contribution < -0.4 is 10.1 Å². The number of nitrogens with one attached hydrogen (secondary N) is 1. The molecule has 0 aliphatic heterocycles. The average molecular weight is 370 g/mol. The predicted octanol–water partition coefficient (Wildman–Crippen LogP) is 3.67. The van der Waals surface area contributed by atoms with Gasteiger partial charge in [-0.3, -0.25) is 9.59 Å². The second-order valence-corrected chi connectivity index (χ2v) is 5.29. The van der Waals surface area contributed by atoms with Crippen molar-refractivity contribution in [2.45, 2.75) is 13.0 Å². The molecule has 25 heavy (non-hydrogen) atoms. The molecule has 0 saturated heterocycles. The zero-order valence-electron chi connectivity index (χ0n) is 12.9. The van der Waals surface area contributed by atoms with Gasteiger partial charge in [-0.1, -0.05) is 29.8 Å². The summed E-state index contributed by atoms with van der Waals surface area (Å²) in [6, 6.07) is 12.2. The molecule has 0 atom stereocenters. The number of carbonyl (C=O) groups is 2. The quantitative estimate of drug-likeness (QED) is 0.756. The molecule has 2 aromatic rings. The van der Waals surface area contributed by atoms with Crippen molar-refractivity contribution in [1.82, 2.24) is 0 Å². The molecule has 8 heteroatoms. The highest BCUT2D eigenvalue weighted by atomic mass is 35.5. The van der Waals surface area contributed by atoms with Gasteiger partial charge in [-0.2, -0.15) is 8.78 Å². The SMILES string of the molecule is O=C(COC(=O)Cc1ccccc1Cl)Nc1ccc(OC(F)F)cc1. The van der Waals surface area contributed by atoms with E-state index < -0.39 is 25.1 Å². The Kier molecular flexibility index (Phi) is 6.71. The van der Waals surface area contributed by atoms with Crippen molar-refractivity contribution >= 4 is 29.2 Å². The maximum Gasteiger partial charge on any atom is 0.387 e. The van der Waals surface area contributed by atoms with E-state index in [0.717, 1.165) is 0 Å². The number of hydrogen-bond donors (Lipinski definition) is 1. The van der Waals surface area contributed by atoms with Gasteiger partial charge in [0.15, 0.2) is 6.61 Å². The van der Waals surface area contributed by atoms with Gasteiger partial charge in [0.25, 0.3) is 5.91 Å². The van der Waals surface area contributed by atoms with E-state index in [4.69, 9.17) is 16.3 Å². The zero-order chi connectivity index (χ0) is 18.2. The molecule has 0 saturated carbocycles. The first-order valence-electron chi connectivity index (χ1n) is 7.18. The second-order valence-electron chi connectivity index (χ2n) is 4.88. The number of esters is 1. The molecule has 0 aliphatic rings. The maximum atomic E-state index is 12.0. The molecule has 0 aliphatic carbocycles. The molecule has 0 fully saturated rings. The summed E-state index contributed by atoms with van der Waals surface area (Å²) in [5.74, 6) is -1.18. The molecule has 0 bridgehead atoms. The van der Waals surface area contributed by atoms with Crippen LogP contribution in [0.15, 0.2) is 48.5 Å². The van der Waals surface area contributed by atoms with Crippen molar-refractivity contribution in [3.8, 4) is 5.75 Å². The van der Waals surface area contributed by atoms with Crippen LogP contribution >= 0.6 is 11.6 Å². The molecule has 2 aromatic carbocycles. The highest BCUT2D eigenvalue weighted by Gasteiger charge is 2.11. The molecule has 5 nitrogen and oxygen atoms in total. The van der Waals surface area contributed by atoms with E-state index in [9.17, 15) is 18.4 Å². The Morgan fingerprint density at radius 1 is 1.08 bits per heavy atom. The Balaban J connectivity index is 1.78. The Morgan fingerprint density at radius 2 is 1.76 bits per heavy atom. The fraction of sp³-hybridized carbons (Fsp3) is 0.176. The molecular formula is C17H14ClF2NO4. The smallest absolute Gasteiger partial charge is 0.387 e. The number of alkyl halides is 2. The first-order valence-corrected chi connectivity index (χ1v) is 7.55. The number of rotatable bonds is 7. The van der Waals surface area contributed by atoms with Gasteiger partial charge >= 0.3 is 12.6 Å². The molecule has 132 valence electrons. The largest absolute Gasteiger partial charge is 0.455 e. The van der Waals surface area contributed by atoms with Gasteiger partial charge in [-0.25, -0.2) is 0 Å². The number of benzene rings is 2. The van der Waals surface area contributed by atoms with Crippen molar-refractivity contribution < 1.29 is 27.8 Å². The van der Waals surface area contributed by atoms with Gasteiger partial charge in [-0.05, 0) is 35.9 Å². The summed E-state index contributed by atoms with van der Waals surface area (Å²) in [6.45, 7) is -3.39. The van der Waals surface area contributed by atoms with E-state index >= 15 is 0 Å². The van der Waals surface area contributed by atoms with Gasteiger partial charge in [0.05, 0.1) is 6.42 Å². The summed E-state index contributed by atoms with van der Waals surface area (Å²) in [7, 11) is 0. The normalized spacial score (nSPS) is 10.4. The Labute approximate surface area is 147 Å². The summed E-state index contributed by atoms with van der Waals surface area (Å²) in [5, 5.41) is 2.91. The van der Waals surface area contributed by atoms with Gasteiger partial charge in [0.2, 0.25) is 0 Å². The van der Waals surface area contributed by atoms with Crippen molar-refractivity contribution in [3.05, 3.63) is 59.1 Å². The van der Waals surface area contributed by atoms with Crippen LogP contribution in [0.1, 0.15) is 5.56 Å². The van der Waals surface area contributed by atoms with Crippen molar-refractivity contribution in [2.24, 2.45) is 0 Å². The third kappa shape index (κ3) is 6.39. The lowest BCUT2D eigenvalue weighted by Crippen LogP contribution is -2.21. The van der Waals surface area contributed by atoms with E-state index in [-0.39, 0.29) is 12.2 Å². The van der Waals surface area contributed by atoms with Gasteiger partial charge in [0, 0.05) is 10.7 Å². The van der Waals surface area contributed by atoms with Crippen LogP contribution in [0.3, 0.4) is 0 Å². The molecule has 2 rings (SSSR count). The van der Waals surface area contributed by atoms with E-state index in [1.165, 1.54) is 24.3 Å². The molecule has 0 spiro atoms. The van der Waals surface area contributed by atoms with Crippen LogP contribution in [0.2, 0.25) is 5.02 Å². The van der Waals surface area contributed by atoms with Gasteiger partial charge in [-0.15, -0.1) is 0 Å². The first kappa shape index (κ1) is 18.7. The predicted molar refractivity (Wildman–Crippen MR) is 87.8 cm³/mol. The molecule has 1 N–H and O–H groups in total. The van der Waals surface area contributed by atoms with E-state index in [1.807, 2.05) is 0 Å². The third-order valence-electron chi connectivity index (χ3n) is 3.02. The number of halogens is 3. The fourth-order valence-corrected chi connectivity index (χ4v) is 2.11. The topological polar surface area (TPSA) is 64.6 Å². The molecule has 0 aromatic heterocycles. The minimum Gasteiger partial charge on any atom is -0.455 e. The lowest BCUT2D eigenvalue weighted by Gasteiger charge is -2.08. The van der Waals surface area contributed by atoms with Crippen LogP contribution in [0, 0.1) is 0 Å². The van der Waals surface area contributed by atoms with Gasteiger partial charge < -0.3 is 14.8 Å². The van der Waals surface area contributed by atoms with Crippen molar-refractivity contribution in [3.63, 3.8) is 0 Å². The first-order chi connectivity index (χ1) is 11.9.